The van der Waals surface area contributed by atoms with Gasteiger partial charge in [0.1, 0.15) is 0 Å². The van der Waals surface area contributed by atoms with Gasteiger partial charge in [0.25, 0.3) is 5.91 Å². The van der Waals surface area contributed by atoms with Crippen molar-refractivity contribution < 1.29 is 14.1 Å². The smallest absolute Gasteiger partial charge is 0.306 e. The van der Waals surface area contributed by atoms with Crippen molar-refractivity contribution in [1.29, 1.82) is 0 Å². The summed E-state index contributed by atoms with van der Waals surface area (Å²) in [7, 11) is 0. The first-order valence-corrected chi connectivity index (χ1v) is 6.06. The van der Waals surface area contributed by atoms with Crippen LogP contribution in [0, 0.1) is 15.9 Å². The van der Waals surface area contributed by atoms with Gasteiger partial charge >= 0.3 is 5.69 Å². The molecule has 0 unspecified atom stereocenters. The van der Waals surface area contributed by atoms with E-state index in [-0.39, 0.29) is 16.9 Å². The van der Waals surface area contributed by atoms with Crippen molar-refractivity contribution in [3.63, 3.8) is 0 Å². The van der Waals surface area contributed by atoms with Gasteiger partial charge in [-0.15, -0.1) is 0 Å². The van der Waals surface area contributed by atoms with E-state index in [4.69, 9.17) is 17.3 Å². The molecule has 2 rings (SSSR count). The Morgan fingerprint density at radius 2 is 2.00 bits per heavy atom. The standard InChI is InChI=1S/C13H9ClFN3O3/c14-7-1-3-9(11(16)5-7)13(19)17-8-2-4-10(15)12(6-8)18(20)21/h1-6H,16H2,(H,17,19). The van der Waals surface area contributed by atoms with Gasteiger partial charge in [-0.2, -0.15) is 4.39 Å². The molecule has 0 spiro atoms. The highest BCUT2D eigenvalue weighted by molar-refractivity contribution is 6.31. The zero-order valence-corrected chi connectivity index (χ0v) is 11.2. The largest absolute Gasteiger partial charge is 0.398 e. The van der Waals surface area contributed by atoms with E-state index in [1.165, 1.54) is 24.3 Å². The minimum absolute atomic E-state index is 0.0856. The van der Waals surface area contributed by atoms with Crippen LogP contribution < -0.4 is 11.1 Å². The van der Waals surface area contributed by atoms with Gasteiger partial charge in [0, 0.05) is 22.5 Å². The van der Waals surface area contributed by atoms with E-state index >= 15 is 0 Å². The highest BCUT2D eigenvalue weighted by Crippen LogP contribution is 2.23. The van der Waals surface area contributed by atoms with Crippen molar-refractivity contribution in [1.82, 2.24) is 0 Å². The summed E-state index contributed by atoms with van der Waals surface area (Å²) in [6.07, 6.45) is 0. The maximum Gasteiger partial charge on any atom is 0.306 e. The van der Waals surface area contributed by atoms with Crippen molar-refractivity contribution in [3.05, 3.63) is 62.9 Å². The molecule has 3 N–H and O–H groups in total. The molecule has 0 fully saturated rings. The fourth-order valence-electron chi connectivity index (χ4n) is 1.67. The number of carbonyl (C=O) groups is 1. The van der Waals surface area contributed by atoms with Crippen molar-refractivity contribution in [2.45, 2.75) is 0 Å². The van der Waals surface area contributed by atoms with Crippen LogP contribution >= 0.6 is 11.6 Å². The monoisotopic (exact) mass is 309 g/mol. The number of nitro benzene ring substituents is 1. The number of hydrogen-bond donors (Lipinski definition) is 2. The highest BCUT2D eigenvalue weighted by atomic mass is 35.5. The van der Waals surface area contributed by atoms with Gasteiger partial charge in [0.05, 0.1) is 10.5 Å². The molecule has 0 saturated heterocycles. The molecule has 1 amide bonds. The Morgan fingerprint density at radius 1 is 1.29 bits per heavy atom. The average Bonchev–Trinajstić information content (AvgIpc) is 2.40. The van der Waals surface area contributed by atoms with Crippen LogP contribution in [0.3, 0.4) is 0 Å². The lowest BCUT2D eigenvalue weighted by molar-refractivity contribution is -0.387. The van der Waals surface area contributed by atoms with E-state index in [2.05, 4.69) is 5.32 Å². The molecular weight excluding hydrogens is 301 g/mol. The highest BCUT2D eigenvalue weighted by Gasteiger charge is 2.16. The first kappa shape index (κ1) is 14.7. The second-order valence-electron chi connectivity index (χ2n) is 4.11. The third kappa shape index (κ3) is 3.26. The molecule has 0 radical (unpaired) electrons. The van der Waals surface area contributed by atoms with E-state index in [1.54, 1.807) is 0 Å². The zero-order chi connectivity index (χ0) is 15.6. The number of nitrogens with zero attached hydrogens (tertiary/aromatic N) is 1. The fourth-order valence-corrected chi connectivity index (χ4v) is 1.85. The van der Waals surface area contributed by atoms with Gasteiger partial charge in [-0.05, 0) is 30.3 Å². The number of nitrogens with two attached hydrogens (primary N) is 1. The van der Waals surface area contributed by atoms with Crippen LogP contribution in [0.2, 0.25) is 5.02 Å². The summed E-state index contributed by atoms with van der Waals surface area (Å²) in [5.41, 5.74) is 5.35. The SMILES string of the molecule is Nc1cc(Cl)ccc1C(=O)Nc1ccc(F)c([N+](=O)[O-])c1. The van der Waals surface area contributed by atoms with Crippen LogP contribution in [0.1, 0.15) is 10.4 Å². The van der Waals surface area contributed by atoms with Crippen molar-refractivity contribution >= 4 is 34.6 Å². The molecule has 2 aromatic carbocycles. The minimum Gasteiger partial charge on any atom is -0.398 e. The summed E-state index contributed by atoms with van der Waals surface area (Å²) >= 11 is 5.73. The Bertz CT molecular complexity index is 737. The van der Waals surface area contributed by atoms with Crippen molar-refractivity contribution in [3.8, 4) is 0 Å². The molecule has 2 aromatic rings. The van der Waals surface area contributed by atoms with Crippen LogP contribution in [0.15, 0.2) is 36.4 Å². The summed E-state index contributed by atoms with van der Waals surface area (Å²) in [6.45, 7) is 0. The lowest BCUT2D eigenvalue weighted by Gasteiger charge is -2.08. The molecule has 0 aromatic heterocycles. The number of hydrogen-bond acceptors (Lipinski definition) is 4. The second kappa shape index (κ2) is 5.76. The number of nitro groups is 1. The number of halogens is 2. The molecule has 6 nitrogen and oxygen atoms in total. The third-order valence-corrected chi connectivity index (χ3v) is 2.89. The molecule has 0 aliphatic carbocycles. The van der Waals surface area contributed by atoms with Crippen molar-refractivity contribution in [2.24, 2.45) is 0 Å². The molecule has 0 aliphatic rings. The lowest BCUT2D eigenvalue weighted by atomic mass is 10.1. The molecular formula is C13H9ClFN3O3. The van der Waals surface area contributed by atoms with Crippen LogP contribution in [-0.2, 0) is 0 Å². The maximum absolute atomic E-state index is 13.2. The molecule has 8 heteroatoms. The van der Waals surface area contributed by atoms with E-state index in [0.717, 1.165) is 12.1 Å². The number of nitrogens with one attached hydrogen (secondary N) is 1. The Labute approximate surface area is 123 Å². The number of nitrogen functional groups attached to an aromatic ring is 1. The van der Waals surface area contributed by atoms with Gasteiger partial charge < -0.3 is 11.1 Å². The summed E-state index contributed by atoms with van der Waals surface area (Å²) in [6, 6.07) is 7.36. The van der Waals surface area contributed by atoms with Crippen LogP contribution in [0.25, 0.3) is 0 Å². The Hall–Kier alpha value is -2.67. The normalized spacial score (nSPS) is 10.2. The molecule has 0 bridgehead atoms. The van der Waals surface area contributed by atoms with E-state index in [1.807, 2.05) is 0 Å². The molecule has 108 valence electrons. The zero-order valence-electron chi connectivity index (χ0n) is 10.5. The second-order valence-corrected chi connectivity index (χ2v) is 4.55. The summed E-state index contributed by atoms with van der Waals surface area (Å²) in [5, 5.41) is 13.4. The molecule has 0 atom stereocenters. The summed E-state index contributed by atoms with van der Waals surface area (Å²) in [5.74, 6) is -1.56. The van der Waals surface area contributed by atoms with Crippen molar-refractivity contribution in [2.75, 3.05) is 11.1 Å². The summed E-state index contributed by atoms with van der Waals surface area (Å²) < 4.78 is 13.2. The number of benzene rings is 2. The van der Waals surface area contributed by atoms with E-state index < -0.39 is 22.3 Å². The van der Waals surface area contributed by atoms with Gasteiger partial charge in [0.2, 0.25) is 5.82 Å². The predicted octanol–water partition coefficient (Wildman–Crippen LogP) is 3.22. The van der Waals surface area contributed by atoms with Crippen LogP contribution in [0.4, 0.5) is 21.5 Å². The number of anilines is 2. The first-order valence-electron chi connectivity index (χ1n) is 5.69. The average molecular weight is 310 g/mol. The topological polar surface area (TPSA) is 98.3 Å². The van der Waals surface area contributed by atoms with Gasteiger partial charge in [-0.25, -0.2) is 0 Å². The Morgan fingerprint density at radius 3 is 2.62 bits per heavy atom. The Kier molecular flexibility index (Phi) is 4.04. The number of rotatable bonds is 3. The van der Waals surface area contributed by atoms with Gasteiger partial charge in [-0.3, -0.25) is 14.9 Å². The predicted molar refractivity (Wildman–Crippen MR) is 76.9 cm³/mol. The summed E-state index contributed by atoms with van der Waals surface area (Å²) in [4.78, 5) is 21.8. The first-order chi connectivity index (χ1) is 9.88. The minimum atomic E-state index is -0.982. The lowest BCUT2D eigenvalue weighted by Crippen LogP contribution is -2.14. The Balaban J connectivity index is 2.27. The number of amides is 1. The molecule has 0 aliphatic heterocycles. The third-order valence-electron chi connectivity index (χ3n) is 2.66. The fraction of sp³-hybridized carbons (Fsp3) is 0. The van der Waals surface area contributed by atoms with E-state index in [0.29, 0.717) is 5.02 Å². The van der Waals surface area contributed by atoms with E-state index in [9.17, 15) is 19.3 Å². The quantitative estimate of drug-likeness (QED) is 0.516. The van der Waals surface area contributed by atoms with Gasteiger partial charge in [0.15, 0.2) is 0 Å². The van der Waals surface area contributed by atoms with Crippen LogP contribution in [0.5, 0.6) is 0 Å². The maximum atomic E-state index is 13.2. The molecule has 0 saturated carbocycles. The molecule has 21 heavy (non-hydrogen) atoms. The number of carbonyl (C=O) groups excluding carboxylic acids is 1. The van der Waals surface area contributed by atoms with Crippen LogP contribution in [-0.4, -0.2) is 10.8 Å². The van der Waals surface area contributed by atoms with Gasteiger partial charge in [-0.1, -0.05) is 11.6 Å². The molecule has 0 heterocycles.